The van der Waals surface area contributed by atoms with E-state index in [0.717, 1.165) is 31.2 Å². The molecule has 2 aliphatic carbocycles. The highest BCUT2D eigenvalue weighted by Gasteiger charge is 2.46. The van der Waals surface area contributed by atoms with Gasteiger partial charge < -0.3 is 29.5 Å². The molecule has 2 N–H and O–H groups in total. The van der Waals surface area contributed by atoms with Crippen molar-refractivity contribution in [1.82, 2.24) is 10.2 Å². The fraction of sp³-hybridized carbons (Fsp3) is 0.467. The van der Waals surface area contributed by atoms with Crippen LogP contribution in [0.15, 0.2) is 48.5 Å². The van der Waals surface area contributed by atoms with Gasteiger partial charge in [-0.1, -0.05) is 25.0 Å². The number of methoxy groups -OCH3 is 1. The predicted molar refractivity (Wildman–Crippen MR) is 143 cm³/mol. The van der Waals surface area contributed by atoms with Crippen molar-refractivity contribution >= 4 is 17.9 Å². The molecule has 38 heavy (non-hydrogen) atoms. The summed E-state index contributed by atoms with van der Waals surface area (Å²) in [4.78, 5) is 28.2. The van der Waals surface area contributed by atoms with E-state index in [1.165, 1.54) is 18.9 Å². The van der Waals surface area contributed by atoms with E-state index < -0.39 is 5.60 Å². The Hall–Kier alpha value is -3.52. The van der Waals surface area contributed by atoms with Crippen molar-refractivity contribution in [2.45, 2.75) is 50.2 Å². The maximum absolute atomic E-state index is 13.4. The van der Waals surface area contributed by atoms with Gasteiger partial charge in [0.1, 0.15) is 11.4 Å². The van der Waals surface area contributed by atoms with Gasteiger partial charge >= 0.3 is 0 Å². The Labute approximate surface area is 223 Å². The lowest BCUT2D eigenvalue weighted by Gasteiger charge is -2.49. The zero-order valence-electron chi connectivity index (χ0n) is 21.9. The zero-order chi connectivity index (χ0) is 26.5. The van der Waals surface area contributed by atoms with Crippen LogP contribution in [0.4, 0.5) is 0 Å². The second kappa shape index (κ2) is 11.5. The largest absolute Gasteiger partial charge is 0.508 e. The Morgan fingerprint density at radius 2 is 2.03 bits per heavy atom. The molecule has 2 amide bonds. The van der Waals surface area contributed by atoms with E-state index in [1.54, 1.807) is 54.5 Å². The summed E-state index contributed by atoms with van der Waals surface area (Å²) in [6, 6.07) is 11.8. The molecule has 2 saturated carbocycles. The van der Waals surface area contributed by atoms with Crippen molar-refractivity contribution in [2.75, 3.05) is 33.4 Å². The first-order valence-electron chi connectivity index (χ1n) is 13.5. The Kier molecular flexibility index (Phi) is 7.88. The molecule has 8 nitrogen and oxygen atoms in total. The Balaban J connectivity index is 1.27. The SMILES string of the molecule is COc1ccc(C(=O)N[C@H]2CCCC[C@@]23CN(C(=O)/C=C/c2cccc(O)c2)CCO3)cc1OCC1CC1. The fourth-order valence-electron chi connectivity index (χ4n) is 5.34. The molecule has 1 heterocycles. The average molecular weight is 521 g/mol. The molecule has 2 atom stereocenters. The number of hydrogen-bond donors (Lipinski definition) is 2. The number of benzene rings is 2. The summed E-state index contributed by atoms with van der Waals surface area (Å²) >= 11 is 0. The van der Waals surface area contributed by atoms with Crippen LogP contribution in [0.2, 0.25) is 0 Å². The molecule has 5 rings (SSSR count). The van der Waals surface area contributed by atoms with Gasteiger partial charge in [0.2, 0.25) is 5.91 Å². The van der Waals surface area contributed by atoms with E-state index in [-0.39, 0.29) is 23.6 Å². The lowest BCUT2D eigenvalue weighted by molar-refractivity contribution is -0.158. The van der Waals surface area contributed by atoms with E-state index >= 15 is 0 Å². The molecule has 3 fully saturated rings. The quantitative estimate of drug-likeness (QED) is 0.507. The van der Waals surface area contributed by atoms with Gasteiger partial charge in [0.05, 0.1) is 32.9 Å². The van der Waals surface area contributed by atoms with Gasteiger partial charge in [-0.05, 0) is 73.6 Å². The van der Waals surface area contributed by atoms with Crippen LogP contribution in [-0.2, 0) is 9.53 Å². The number of amides is 2. The smallest absolute Gasteiger partial charge is 0.251 e. The van der Waals surface area contributed by atoms with Crippen LogP contribution in [0, 0.1) is 5.92 Å². The highest BCUT2D eigenvalue weighted by molar-refractivity contribution is 5.95. The molecule has 1 saturated heterocycles. The molecule has 0 aromatic heterocycles. The third kappa shape index (κ3) is 6.13. The summed E-state index contributed by atoms with van der Waals surface area (Å²) in [7, 11) is 1.59. The van der Waals surface area contributed by atoms with Gasteiger partial charge in [-0.25, -0.2) is 0 Å². The van der Waals surface area contributed by atoms with Crippen molar-refractivity contribution in [2.24, 2.45) is 5.92 Å². The highest BCUT2D eigenvalue weighted by Crippen LogP contribution is 2.36. The maximum atomic E-state index is 13.4. The molecular formula is C30H36N2O6. The number of nitrogens with zero attached hydrogens (tertiary/aromatic N) is 1. The molecule has 8 heteroatoms. The Bertz CT molecular complexity index is 1190. The summed E-state index contributed by atoms with van der Waals surface area (Å²) < 4.78 is 17.7. The highest BCUT2D eigenvalue weighted by atomic mass is 16.5. The first-order valence-corrected chi connectivity index (χ1v) is 13.5. The lowest BCUT2D eigenvalue weighted by atomic mass is 9.78. The van der Waals surface area contributed by atoms with Crippen LogP contribution in [0.25, 0.3) is 6.08 Å². The number of rotatable bonds is 8. The Morgan fingerprint density at radius 1 is 1.16 bits per heavy atom. The number of phenolic OH excluding ortho intramolecular Hbond substituents is 1. The molecule has 0 bridgehead atoms. The van der Waals surface area contributed by atoms with Gasteiger partial charge in [-0.3, -0.25) is 9.59 Å². The van der Waals surface area contributed by atoms with Crippen LogP contribution >= 0.6 is 0 Å². The van der Waals surface area contributed by atoms with Crippen molar-refractivity contribution in [1.29, 1.82) is 0 Å². The molecule has 1 spiro atoms. The number of aromatic hydroxyl groups is 1. The van der Waals surface area contributed by atoms with E-state index in [9.17, 15) is 14.7 Å². The van der Waals surface area contributed by atoms with Gasteiger partial charge in [-0.2, -0.15) is 0 Å². The number of ether oxygens (including phenoxy) is 3. The first-order chi connectivity index (χ1) is 18.5. The molecule has 1 aliphatic heterocycles. The number of carbonyl (C=O) groups excluding carboxylic acids is 2. The lowest BCUT2D eigenvalue weighted by Crippen LogP contribution is -2.64. The van der Waals surface area contributed by atoms with E-state index in [4.69, 9.17) is 14.2 Å². The van der Waals surface area contributed by atoms with Gasteiger partial charge in [-0.15, -0.1) is 0 Å². The second-order valence-electron chi connectivity index (χ2n) is 10.5. The minimum absolute atomic E-state index is 0.112. The van der Waals surface area contributed by atoms with E-state index in [0.29, 0.717) is 49.3 Å². The number of morpholine rings is 1. The van der Waals surface area contributed by atoms with Crippen LogP contribution in [0.1, 0.15) is 54.4 Å². The van der Waals surface area contributed by atoms with Crippen molar-refractivity contribution in [3.8, 4) is 17.2 Å². The number of nitrogens with one attached hydrogen (secondary N) is 1. The fourth-order valence-corrected chi connectivity index (χ4v) is 5.34. The second-order valence-corrected chi connectivity index (χ2v) is 10.5. The minimum atomic E-state index is -0.627. The summed E-state index contributed by atoms with van der Waals surface area (Å²) in [5.41, 5.74) is 0.637. The van der Waals surface area contributed by atoms with Crippen molar-refractivity contribution < 1.29 is 28.9 Å². The van der Waals surface area contributed by atoms with E-state index in [2.05, 4.69) is 5.32 Å². The normalized spacial score (nSPS) is 23.4. The monoisotopic (exact) mass is 520 g/mol. The average Bonchev–Trinajstić information content (AvgIpc) is 3.76. The number of hydrogen-bond acceptors (Lipinski definition) is 6. The number of phenols is 1. The van der Waals surface area contributed by atoms with Crippen molar-refractivity contribution in [3.63, 3.8) is 0 Å². The maximum Gasteiger partial charge on any atom is 0.251 e. The van der Waals surface area contributed by atoms with Crippen LogP contribution in [0.5, 0.6) is 17.2 Å². The van der Waals surface area contributed by atoms with E-state index in [1.807, 2.05) is 6.07 Å². The van der Waals surface area contributed by atoms with Crippen LogP contribution in [-0.4, -0.2) is 66.9 Å². The Morgan fingerprint density at radius 3 is 2.82 bits per heavy atom. The van der Waals surface area contributed by atoms with Gasteiger partial charge in [0.15, 0.2) is 11.5 Å². The zero-order valence-corrected chi connectivity index (χ0v) is 21.9. The topological polar surface area (TPSA) is 97.3 Å². The first kappa shape index (κ1) is 26.1. The standard InChI is InChI=1S/C30H36N2O6/c1-36-25-12-11-23(18-26(25)37-19-22-8-9-22)29(35)31-27-7-2-3-14-30(27)20-32(15-16-38-30)28(34)13-10-21-5-4-6-24(33)17-21/h4-6,10-13,17-18,22,27,33H,2-3,7-9,14-16,19-20H2,1H3,(H,31,35)/b13-10+/t27-,30+/m0/s1. The summed E-state index contributed by atoms with van der Waals surface area (Å²) in [6.45, 7) is 1.95. The van der Waals surface area contributed by atoms with Crippen molar-refractivity contribution in [3.05, 3.63) is 59.7 Å². The molecule has 2 aromatic carbocycles. The third-order valence-corrected chi connectivity index (χ3v) is 7.69. The molecular weight excluding hydrogens is 484 g/mol. The van der Waals surface area contributed by atoms with Crippen LogP contribution in [0.3, 0.4) is 0 Å². The number of carbonyl (C=O) groups is 2. The minimum Gasteiger partial charge on any atom is -0.508 e. The summed E-state index contributed by atoms with van der Waals surface area (Å²) in [5.74, 6) is 1.63. The summed E-state index contributed by atoms with van der Waals surface area (Å²) in [6.07, 6.45) is 9.12. The van der Waals surface area contributed by atoms with Crippen LogP contribution < -0.4 is 14.8 Å². The molecule has 3 aliphatic rings. The summed E-state index contributed by atoms with van der Waals surface area (Å²) in [5, 5.41) is 12.9. The molecule has 202 valence electrons. The predicted octanol–water partition coefficient (Wildman–Crippen LogP) is 4.17. The molecule has 0 unspecified atom stereocenters. The van der Waals surface area contributed by atoms with Gasteiger partial charge in [0.25, 0.3) is 5.91 Å². The van der Waals surface area contributed by atoms with Gasteiger partial charge in [0, 0.05) is 18.2 Å². The molecule has 0 radical (unpaired) electrons. The molecule has 2 aromatic rings. The third-order valence-electron chi connectivity index (χ3n) is 7.69.